The van der Waals surface area contributed by atoms with Crippen molar-refractivity contribution in [2.45, 2.75) is 6.92 Å². The van der Waals surface area contributed by atoms with Gasteiger partial charge in [-0.05, 0) is 25.1 Å². The van der Waals surface area contributed by atoms with Crippen molar-refractivity contribution in [1.82, 2.24) is 0 Å². The zero-order valence-electron chi connectivity index (χ0n) is 12.4. The average molecular weight is 315 g/mol. The van der Waals surface area contributed by atoms with Crippen LogP contribution in [0.25, 0.3) is 0 Å². The molecular weight excluding hydrogens is 302 g/mol. The summed E-state index contributed by atoms with van der Waals surface area (Å²) in [6.45, 7) is 1.36. The molecule has 0 aliphatic carbocycles. The van der Waals surface area contributed by atoms with E-state index in [9.17, 15) is 19.7 Å². The summed E-state index contributed by atoms with van der Waals surface area (Å²) in [6, 6.07) is 9.97. The molecule has 0 bridgehead atoms. The molecule has 0 heterocycles. The summed E-state index contributed by atoms with van der Waals surface area (Å²) in [7, 11) is 1.27. The average Bonchev–Trinajstić information content (AvgIpc) is 2.54. The van der Waals surface area contributed by atoms with Gasteiger partial charge in [0.05, 0.1) is 23.2 Å². The number of esters is 1. The van der Waals surface area contributed by atoms with Gasteiger partial charge in [-0.1, -0.05) is 12.1 Å². The molecule has 0 saturated carbocycles. The molecule has 0 aliphatic rings. The molecule has 0 amide bonds. The molecule has 0 aliphatic heterocycles. The van der Waals surface area contributed by atoms with Crippen LogP contribution in [0, 0.1) is 10.1 Å². The Hall–Kier alpha value is -3.22. The van der Waals surface area contributed by atoms with Crippen molar-refractivity contribution in [1.29, 1.82) is 0 Å². The van der Waals surface area contributed by atoms with Gasteiger partial charge in [0.2, 0.25) is 0 Å². The van der Waals surface area contributed by atoms with Crippen molar-refractivity contribution in [2.24, 2.45) is 0 Å². The maximum Gasteiger partial charge on any atom is 0.343 e. The minimum Gasteiger partial charge on any atom is -0.490 e. The number of para-hydroxylation sites is 1. The summed E-state index contributed by atoms with van der Waals surface area (Å²) in [4.78, 5) is 33.9. The molecule has 2 aromatic rings. The van der Waals surface area contributed by atoms with Crippen molar-refractivity contribution < 1.29 is 24.0 Å². The summed E-state index contributed by atoms with van der Waals surface area (Å²) >= 11 is 0. The summed E-state index contributed by atoms with van der Waals surface area (Å²) in [6.07, 6.45) is 0. The molecule has 0 unspecified atom stereocenters. The lowest BCUT2D eigenvalue weighted by Gasteiger charge is -2.09. The number of hydrogen-bond acceptors (Lipinski definition) is 6. The number of ketones is 1. The molecule has 0 radical (unpaired) electrons. The van der Waals surface area contributed by atoms with E-state index in [4.69, 9.17) is 9.47 Å². The molecule has 7 nitrogen and oxygen atoms in total. The highest BCUT2D eigenvalue weighted by Crippen LogP contribution is 2.28. The number of carbonyl (C=O) groups excluding carboxylic acids is 2. The largest absolute Gasteiger partial charge is 0.490 e. The van der Waals surface area contributed by atoms with Gasteiger partial charge in [0, 0.05) is 12.1 Å². The normalized spacial score (nSPS) is 10.0. The topological polar surface area (TPSA) is 95.7 Å². The maximum atomic E-state index is 12.2. The molecule has 0 aromatic heterocycles. The Bertz CT molecular complexity index is 784. The van der Waals surface area contributed by atoms with Crippen molar-refractivity contribution in [3.05, 3.63) is 63.7 Å². The molecule has 0 fully saturated rings. The van der Waals surface area contributed by atoms with Gasteiger partial charge >= 0.3 is 11.7 Å². The van der Waals surface area contributed by atoms with Crippen LogP contribution in [0.5, 0.6) is 11.5 Å². The number of nitrogens with zero attached hydrogens (tertiary/aromatic N) is 1. The first-order valence-electron chi connectivity index (χ1n) is 6.58. The number of methoxy groups -OCH3 is 1. The maximum absolute atomic E-state index is 12.2. The fourth-order valence-corrected chi connectivity index (χ4v) is 1.96. The number of rotatable bonds is 5. The van der Waals surface area contributed by atoms with E-state index in [1.807, 2.05) is 0 Å². The highest BCUT2D eigenvalue weighted by molar-refractivity contribution is 5.99. The second-order valence-corrected chi connectivity index (χ2v) is 4.59. The van der Waals surface area contributed by atoms with Crippen LogP contribution < -0.4 is 9.47 Å². The third-order valence-corrected chi connectivity index (χ3v) is 3.08. The lowest BCUT2D eigenvalue weighted by molar-refractivity contribution is -0.385. The van der Waals surface area contributed by atoms with Crippen molar-refractivity contribution in [3.8, 4) is 11.5 Å². The van der Waals surface area contributed by atoms with E-state index >= 15 is 0 Å². The van der Waals surface area contributed by atoms with Crippen molar-refractivity contribution in [3.63, 3.8) is 0 Å². The van der Waals surface area contributed by atoms with Crippen LogP contribution >= 0.6 is 0 Å². The minimum absolute atomic E-state index is 0.0516. The first-order valence-corrected chi connectivity index (χ1v) is 6.58. The van der Waals surface area contributed by atoms with Crippen molar-refractivity contribution in [2.75, 3.05) is 7.11 Å². The summed E-state index contributed by atoms with van der Waals surface area (Å²) < 4.78 is 10.1. The zero-order chi connectivity index (χ0) is 17.0. The van der Waals surface area contributed by atoms with E-state index in [-0.39, 0.29) is 34.1 Å². The molecule has 0 spiro atoms. The van der Waals surface area contributed by atoms with Gasteiger partial charge in [0.25, 0.3) is 0 Å². The van der Waals surface area contributed by atoms with Gasteiger partial charge in [-0.25, -0.2) is 4.79 Å². The van der Waals surface area contributed by atoms with Gasteiger partial charge in [0.15, 0.2) is 11.5 Å². The number of hydrogen-bond donors (Lipinski definition) is 0. The minimum atomic E-state index is -0.744. The Kier molecular flexibility index (Phi) is 4.70. The summed E-state index contributed by atoms with van der Waals surface area (Å²) in [5.41, 5.74) is 0.0914. The Labute approximate surface area is 131 Å². The third-order valence-electron chi connectivity index (χ3n) is 3.08. The molecule has 0 N–H and O–H groups in total. The van der Waals surface area contributed by atoms with E-state index in [2.05, 4.69) is 0 Å². The molecule has 7 heteroatoms. The first kappa shape index (κ1) is 16.2. The van der Waals surface area contributed by atoms with Crippen molar-refractivity contribution >= 4 is 17.4 Å². The number of nitro groups is 1. The SMILES string of the molecule is COc1cc(C(=O)Oc2ccccc2C(C)=O)ccc1[N+](=O)[O-]. The first-order chi connectivity index (χ1) is 10.9. The number of nitro benzene ring substituents is 1. The Morgan fingerprint density at radius 3 is 2.39 bits per heavy atom. The van der Waals surface area contributed by atoms with Crippen LogP contribution in [0.3, 0.4) is 0 Å². The number of ether oxygens (including phenoxy) is 2. The molecular formula is C16H13NO6. The van der Waals surface area contributed by atoms with E-state index in [1.165, 1.54) is 32.2 Å². The van der Waals surface area contributed by atoms with E-state index in [1.54, 1.807) is 18.2 Å². The number of Topliss-reactive ketones (excluding diaryl/α,β-unsaturated/α-hetero) is 1. The lowest BCUT2D eigenvalue weighted by atomic mass is 10.1. The van der Waals surface area contributed by atoms with Crippen LogP contribution in [-0.2, 0) is 0 Å². The van der Waals surface area contributed by atoms with Crippen LogP contribution in [0.4, 0.5) is 5.69 Å². The van der Waals surface area contributed by atoms with Crippen LogP contribution in [0.1, 0.15) is 27.6 Å². The Balaban J connectivity index is 2.32. The Morgan fingerprint density at radius 2 is 1.78 bits per heavy atom. The Morgan fingerprint density at radius 1 is 1.09 bits per heavy atom. The quantitative estimate of drug-likeness (QED) is 0.277. The second kappa shape index (κ2) is 6.69. The molecule has 0 atom stereocenters. The van der Waals surface area contributed by atoms with E-state index in [0.29, 0.717) is 0 Å². The molecule has 2 aromatic carbocycles. The van der Waals surface area contributed by atoms with E-state index < -0.39 is 10.9 Å². The molecule has 0 saturated heterocycles. The predicted octanol–water partition coefficient (Wildman–Crippen LogP) is 3.03. The standard InChI is InChI=1S/C16H13NO6/c1-10(18)12-5-3-4-6-14(12)23-16(19)11-7-8-13(17(20)21)15(9-11)22-2/h3-9H,1-2H3. The predicted molar refractivity (Wildman–Crippen MR) is 81.1 cm³/mol. The third kappa shape index (κ3) is 3.52. The summed E-state index contributed by atoms with van der Waals surface area (Å²) in [5, 5.41) is 10.8. The smallest absolute Gasteiger partial charge is 0.343 e. The number of carbonyl (C=O) groups is 2. The van der Waals surface area contributed by atoms with Crippen LogP contribution in [0.2, 0.25) is 0 Å². The molecule has 23 heavy (non-hydrogen) atoms. The second-order valence-electron chi connectivity index (χ2n) is 4.59. The molecule has 2 rings (SSSR count). The highest BCUT2D eigenvalue weighted by atomic mass is 16.6. The lowest BCUT2D eigenvalue weighted by Crippen LogP contribution is -2.11. The fourth-order valence-electron chi connectivity index (χ4n) is 1.96. The summed E-state index contributed by atoms with van der Waals surface area (Å²) in [5.74, 6) is -0.909. The van der Waals surface area contributed by atoms with Gasteiger partial charge in [0.1, 0.15) is 5.75 Å². The highest BCUT2D eigenvalue weighted by Gasteiger charge is 2.19. The van der Waals surface area contributed by atoms with E-state index in [0.717, 1.165) is 6.07 Å². The van der Waals surface area contributed by atoms with Crippen LogP contribution in [0.15, 0.2) is 42.5 Å². The monoisotopic (exact) mass is 315 g/mol. The zero-order valence-corrected chi connectivity index (χ0v) is 12.4. The van der Waals surface area contributed by atoms with Gasteiger partial charge in [-0.15, -0.1) is 0 Å². The van der Waals surface area contributed by atoms with Crippen LogP contribution in [-0.4, -0.2) is 23.8 Å². The number of benzene rings is 2. The molecule has 118 valence electrons. The van der Waals surface area contributed by atoms with Gasteiger partial charge < -0.3 is 9.47 Å². The fraction of sp³-hybridized carbons (Fsp3) is 0.125. The van der Waals surface area contributed by atoms with Gasteiger partial charge in [-0.3, -0.25) is 14.9 Å². The van der Waals surface area contributed by atoms with Gasteiger partial charge in [-0.2, -0.15) is 0 Å².